The van der Waals surface area contributed by atoms with E-state index in [0.717, 1.165) is 9.79 Å². The van der Waals surface area contributed by atoms with Crippen LogP contribution in [0.4, 0.5) is 0 Å². The normalized spacial score (nSPS) is 10.8. The van der Waals surface area contributed by atoms with Gasteiger partial charge in [0.2, 0.25) is 0 Å². The Hall–Kier alpha value is -2.04. The van der Waals surface area contributed by atoms with Crippen LogP contribution in [-0.4, -0.2) is 10.2 Å². The van der Waals surface area contributed by atoms with Crippen molar-refractivity contribution in [2.45, 2.75) is 14.4 Å². The molecule has 0 heterocycles. The fraction of sp³-hybridized carbons (Fsp3) is 0.0526. The molecule has 0 saturated heterocycles. The second kappa shape index (κ2) is 7.49. The number of hydrogen-bond donors (Lipinski definition) is 2. The Kier molecular flexibility index (Phi) is 5.16. The number of phenolic OH excluding ortho intramolecular Hbond substituents is 2. The maximum absolute atomic E-state index is 9.43. The fourth-order valence-corrected chi connectivity index (χ4v) is 4.59. The highest BCUT2D eigenvalue weighted by molar-refractivity contribution is 8.16. The molecule has 3 aromatic rings. The predicted molar refractivity (Wildman–Crippen MR) is 97.1 cm³/mol. The highest BCUT2D eigenvalue weighted by atomic mass is 32.2. The van der Waals surface area contributed by atoms with Gasteiger partial charge in [-0.15, -0.1) is 23.5 Å². The van der Waals surface area contributed by atoms with E-state index in [9.17, 15) is 10.2 Å². The van der Waals surface area contributed by atoms with E-state index in [1.807, 2.05) is 42.5 Å². The fourth-order valence-electron chi connectivity index (χ4n) is 2.07. The lowest BCUT2D eigenvalue weighted by atomic mass is 10.2. The van der Waals surface area contributed by atoms with Crippen molar-refractivity contribution in [1.29, 1.82) is 0 Å². The van der Waals surface area contributed by atoms with Gasteiger partial charge in [-0.3, -0.25) is 0 Å². The number of aromatic hydroxyl groups is 2. The van der Waals surface area contributed by atoms with E-state index in [-0.39, 0.29) is 16.1 Å². The molecule has 0 saturated carbocycles. The summed E-state index contributed by atoms with van der Waals surface area (Å²) in [6.07, 6.45) is 0. The van der Waals surface area contributed by atoms with Gasteiger partial charge >= 0.3 is 0 Å². The standard InChI is InChI=1S/C19H16O2S2/c20-15-6-10-17(11-7-15)22-19(14-4-2-1-3-5-14)23-18-12-8-16(21)9-13-18/h1-13,19-21H. The molecule has 0 aliphatic heterocycles. The smallest absolute Gasteiger partial charge is 0.115 e. The van der Waals surface area contributed by atoms with E-state index >= 15 is 0 Å². The van der Waals surface area contributed by atoms with Gasteiger partial charge in [0, 0.05) is 9.79 Å². The molecule has 0 bridgehead atoms. The van der Waals surface area contributed by atoms with Crippen LogP contribution in [0.25, 0.3) is 0 Å². The number of thioether (sulfide) groups is 2. The van der Waals surface area contributed by atoms with Gasteiger partial charge in [0.05, 0.1) is 4.58 Å². The molecule has 4 heteroatoms. The summed E-state index contributed by atoms with van der Waals surface area (Å²) in [6, 6.07) is 24.8. The quantitative estimate of drug-likeness (QED) is 0.463. The van der Waals surface area contributed by atoms with E-state index < -0.39 is 0 Å². The average Bonchev–Trinajstić information content (AvgIpc) is 2.59. The van der Waals surface area contributed by atoms with Crippen LogP contribution in [0.15, 0.2) is 88.7 Å². The van der Waals surface area contributed by atoms with Crippen molar-refractivity contribution in [3.8, 4) is 11.5 Å². The number of benzene rings is 3. The van der Waals surface area contributed by atoms with Crippen molar-refractivity contribution in [3.05, 3.63) is 84.4 Å². The molecule has 0 aliphatic carbocycles. The number of hydrogen-bond acceptors (Lipinski definition) is 4. The van der Waals surface area contributed by atoms with Crippen molar-refractivity contribution in [1.82, 2.24) is 0 Å². The predicted octanol–water partition coefficient (Wildman–Crippen LogP) is 5.68. The van der Waals surface area contributed by atoms with Crippen LogP contribution in [0, 0.1) is 0 Å². The Labute approximate surface area is 144 Å². The van der Waals surface area contributed by atoms with Crippen molar-refractivity contribution in [2.24, 2.45) is 0 Å². The molecule has 0 aliphatic rings. The lowest BCUT2D eigenvalue weighted by Gasteiger charge is -2.17. The molecule has 0 spiro atoms. The minimum absolute atomic E-state index is 0.185. The lowest BCUT2D eigenvalue weighted by Crippen LogP contribution is -1.89. The Morgan fingerprint density at radius 2 is 1.00 bits per heavy atom. The topological polar surface area (TPSA) is 40.5 Å². The van der Waals surface area contributed by atoms with Gasteiger partial charge < -0.3 is 10.2 Å². The summed E-state index contributed by atoms with van der Waals surface area (Å²) in [5.74, 6) is 0.550. The molecular weight excluding hydrogens is 324 g/mol. The summed E-state index contributed by atoms with van der Waals surface area (Å²) < 4.78 is 0.185. The number of phenols is 2. The molecule has 0 amide bonds. The lowest BCUT2D eigenvalue weighted by molar-refractivity contribution is 0.474. The Balaban J connectivity index is 1.84. The first kappa shape index (κ1) is 15.8. The van der Waals surface area contributed by atoms with Crippen LogP contribution >= 0.6 is 23.5 Å². The van der Waals surface area contributed by atoms with Gasteiger partial charge in [-0.1, -0.05) is 30.3 Å². The van der Waals surface area contributed by atoms with Crippen molar-refractivity contribution in [2.75, 3.05) is 0 Å². The van der Waals surface area contributed by atoms with Crippen LogP contribution in [0.2, 0.25) is 0 Å². The van der Waals surface area contributed by atoms with Crippen molar-refractivity contribution in [3.63, 3.8) is 0 Å². The van der Waals surface area contributed by atoms with E-state index in [4.69, 9.17) is 0 Å². The third-order valence-corrected chi connectivity index (χ3v) is 5.87. The van der Waals surface area contributed by atoms with Crippen LogP contribution < -0.4 is 0 Å². The third kappa shape index (κ3) is 4.47. The Bertz CT molecular complexity index is 693. The number of rotatable bonds is 5. The molecular formula is C19H16O2S2. The summed E-state index contributed by atoms with van der Waals surface area (Å²) in [5.41, 5.74) is 1.23. The highest BCUT2D eigenvalue weighted by Gasteiger charge is 2.15. The van der Waals surface area contributed by atoms with Gasteiger partial charge in [0.1, 0.15) is 11.5 Å². The molecule has 0 fully saturated rings. The largest absolute Gasteiger partial charge is 0.508 e. The molecule has 23 heavy (non-hydrogen) atoms. The molecule has 3 aromatic carbocycles. The molecule has 116 valence electrons. The summed E-state index contributed by atoms with van der Waals surface area (Å²) >= 11 is 3.48. The first-order chi connectivity index (χ1) is 11.2. The zero-order valence-corrected chi connectivity index (χ0v) is 13.9. The second-order valence-electron chi connectivity index (χ2n) is 4.97. The van der Waals surface area contributed by atoms with E-state index in [2.05, 4.69) is 12.1 Å². The molecule has 2 N–H and O–H groups in total. The molecule has 0 unspecified atom stereocenters. The third-order valence-electron chi connectivity index (χ3n) is 3.23. The van der Waals surface area contributed by atoms with Crippen LogP contribution in [-0.2, 0) is 0 Å². The van der Waals surface area contributed by atoms with Gasteiger partial charge in [-0.05, 0) is 54.1 Å². The van der Waals surface area contributed by atoms with Gasteiger partial charge in [-0.2, -0.15) is 0 Å². The first-order valence-electron chi connectivity index (χ1n) is 7.17. The summed E-state index contributed by atoms with van der Waals surface area (Å²) in [5, 5.41) is 18.9. The van der Waals surface area contributed by atoms with E-state index in [0.29, 0.717) is 0 Å². The van der Waals surface area contributed by atoms with E-state index in [1.165, 1.54) is 5.56 Å². The summed E-state index contributed by atoms with van der Waals surface area (Å²) in [6.45, 7) is 0. The Morgan fingerprint density at radius 1 is 0.565 bits per heavy atom. The van der Waals surface area contributed by atoms with Gasteiger partial charge in [0.25, 0.3) is 0 Å². The van der Waals surface area contributed by atoms with Crippen LogP contribution in [0.5, 0.6) is 11.5 Å². The van der Waals surface area contributed by atoms with Crippen molar-refractivity contribution < 1.29 is 10.2 Å². The van der Waals surface area contributed by atoms with Gasteiger partial charge in [0.15, 0.2) is 0 Å². The molecule has 0 atom stereocenters. The SMILES string of the molecule is Oc1ccc(SC(Sc2ccc(O)cc2)c2ccccc2)cc1. The maximum atomic E-state index is 9.43. The van der Waals surface area contributed by atoms with E-state index in [1.54, 1.807) is 47.8 Å². The van der Waals surface area contributed by atoms with Crippen molar-refractivity contribution >= 4 is 23.5 Å². The summed E-state index contributed by atoms with van der Waals surface area (Å²) in [7, 11) is 0. The zero-order chi connectivity index (χ0) is 16.1. The Morgan fingerprint density at radius 3 is 1.43 bits per heavy atom. The highest BCUT2D eigenvalue weighted by Crippen LogP contribution is 2.47. The van der Waals surface area contributed by atoms with Crippen LogP contribution in [0.3, 0.4) is 0 Å². The molecule has 3 rings (SSSR count). The minimum atomic E-state index is 0.185. The van der Waals surface area contributed by atoms with Crippen LogP contribution in [0.1, 0.15) is 10.1 Å². The minimum Gasteiger partial charge on any atom is -0.508 e. The molecule has 2 nitrogen and oxygen atoms in total. The first-order valence-corrected chi connectivity index (χ1v) is 8.93. The zero-order valence-electron chi connectivity index (χ0n) is 12.3. The van der Waals surface area contributed by atoms with Gasteiger partial charge in [-0.25, -0.2) is 0 Å². The molecule has 0 aromatic heterocycles. The second-order valence-corrected chi connectivity index (χ2v) is 7.62. The molecule has 0 radical (unpaired) electrons. The maximum Gasteiger partial charge on any atom is 0.115 e. The monoisotopic (exact) mass is 340 g/mol. The average molecular weight is 340 g/mol. The summed E-state index contributed by atoms with van der Waals surface area (Å²) in [4.78, 5) is 2.20.